The van der Waals surface area contributed by atoms with Gasteiger partial charge in [-0.1, -0.05) is 40.5 Å². The molecule has 0 N–H and O–H groups in total. The van der Waals surface area contributed by atoms with Crippen molar-refractivity contribution in [3.05, 3.63) is 28.2 Å². The van der Waals surface area contributed by atoms with Crippen molar-refractivity contribution in [2.24, 2.45) is 4.99 Å². The second kappa shape index (κ2) is 6.31. The highest BCUT2D eigenvalue weighted by Gasteiger charge is 2.57. The highest BCUT2D eigenvalue weighted by molar-refractivity contribution is 9.10. The third kappa shape index (κ3) is 2.72. The predicted octanol–water partition coefficient (Wildman–Crippen LogP) is 4.71. The second-order valence-electron chi connectivity index (χ2n) is 7.34. The molecule has 1 aromatic rings. The molecule has 1 atom stereocenters. The number of hydrogen-bond donors (Lipinski definition) is 0. The lowest BCUT2D eigenvalue weighted by atomic mass is 9.73. The van der Waals surface area contributed by atoms with Gasteiger partial charge in [0.1, 0.15) is 11.4 Å². The number of amidine groups is 1. The van der Waals surface area contributed by atoms with E-state index in [9.17, 15) is 4.79 Å². The maximum atomic E-state index is 13.4. The van der Waals surface area contributed by atoms with Crippen molar-refractivity contribution >= 4 is 38.8 Å². The zero-order valence-corrected chi connectivity index (χ0v) is 17.1. The van der Waals surface area contributed by atoms with Crippen LogP contribution >= 0.6 is 27.7 Å². The lowest BCUT2D eigenvalue weighted by Gasteiger charge is -2.45. The lowest BCUT2D eigenvalue weighted by molar-refractivity contribution is -0.134. The van der Waals surface area contributed by atoms with Crippen LogP contribution in [-0.2, 0) is 10.3 Å². The summed E-state index contributed by atoms with van der Waals surface area (Å²) in [5.41, 5.74) is -0.211. The second-order valence-corrected chi connectivity index (χ2v) is 9.03. The number of thioether (sulfide) groups is 1. The van der Waals surface area contributed by atoms with Crippen LogP contribution < -0.4 is 4.74 Å². The van der Waals surface area contributed by atoms with Crippen LogP contribution in [-0.4, -0.2) is 34.9 Å². The number of aliphatic imine (C=N–C) groups is 1. The molecule has 0 aromatic heterocycles. The Balaban J connectivity index is 1.89. The number of nitrogens with zero attached hydrogens (tertiary/aromatic N) is 2. The topological polar surface area (TPSA) is 41.9 Å². The number of carbonyl (C=O) groups is 1. The molecular weight excluding hydrogens is 400 g/mol. The fourth-order valence-corrected chi connectivity index (χ4v) is 5.49. The van der Waals surface area contributed by atoms with Gasteiger partial charge in [-0.3, -0.25) is 9.69 Å². The van der Waals surface area contributed by atoms with Crippen LogP contribution in [0.3, 0.4) is 0 Å². The van der Waals surface area contributed by atoms with Crippen LogP contribution in [0.1, 0.15) is 50.5 Å². The highest BCUT2D eigenvalue weighted by Crippen LogP contribution is 2.53. The fraction of sp³-hybridized carbons (Fsp3) is 0.579. The Morgan fingerprint density at radius 1 is 1.24 bits per heavy atom. The molecule has 2 spiro atoms. The maximum absolute atomic E-state index is 13.4. The molecule has 0 bridgehead atoms. The molecule has 1 fully saturated rings. The predicted molar refractivity (Wildman–Crippen MR) is 105 cm³/mol. The molecule has 0 saturated heterocycles. The molecule has 1 aromatic carbocycles. The van der Waals surface area contributed by atoms with E-state index in [0.29, 0.717) is 6.42 Å². The number of rotatable bonds is 0. The molecule has 4 nitrogen and oxygen atoms in total. The number of carbonyl (C=O) groups excluding carboxylic acids is 1. The molecule has 2 heterocycles. The van der Waals surface area contributed by atoms with Gasteiger partial charge < -0.3 is 4.74 Å². The first-order valence-corrected chi connectivity index (χ1v) is 10.9. The smallest absolute Gasteiger partial charge is 0.261 e. The summed E-state index contributed by atoms with van der Waals surface area (Å²) in [6, 6.07) is 5.99. The van der Waals surface area contributed by atoms with Crippen molar-refractivity contribution in [3.8, 4) is 5.75 Å². The quantitative estimate of drug-likeness (QED) is 0.607. The van der Waals surface area contributed by atoms with E-state index in [1.807, 2.05) is 31.5 Å². The van der Waals surface area contributed by atoms with Gasteiger partial charge in [0.25, 0.3) is 5.91 Å². The van der Waals surface area contributed by atoms with E-state index in [2.05, 4.69) is 15.9 Å². The summed E-state index contributed by atoms with van der Waals surface area (Å²) in [6.45, 7) is 0. The van der Waals surface area contributed by atoms with Crippen molar-refractivity contribution < 1.29 is 9.53 Å². The summed E-state index contributed by atoms with van der Waals surface area (Å²) in [4.78, 5) is 20.1. The van der Waals surface area contributed by atoms with Gasteiger partial charge in [-0.15, -0.1) is 0 Å². The normalized spacial score (nSPS) is 27.9. The number of amides is 1. The Labute approximate surface area is 161 Å². The third-order valence-electron chi connectivity index (χ3n) is 5.72. The summed E-state index contributed by atoms with van der Waals surface area (Å²) in [5, 5.41) is 0.793. The molecule has 6 heteroatoms. The van der Waals surface area contributed by atoms with Crippen LogP contribution in [0, 0.1) is 0 Å². The van der Waals surface area contributed by atoms with E-state index in [4.69, 9.17) is 9.73 Å². The molecule has 1 aliphatic carbocycles. The van der Waals surface area contributed by atoms with E-state index in [1.54, 1.807) is 4.90 Å². The molecule has 0 radical (unpaired) electrons. The van der Waals surface area contributed by atoms with Gasteiger partial charge in [-0.25, -0.2) is 4.99 Å². The van der Waals surface area contributed by atoms with Crippen molar-refractivity contribution in [1.29, 1.82) is 0 Å². The van der Waals surface area contributed by atoms with Gasteiger partial charge >= 0.3 is 0 Å². The van der Waals surface area contributed by atoms with Crippen LogP contribution in [0.15, 0.2) is 27.7 Å². The van der Waals surface area contributed by atoms with Gasteiger partial charge in [0.05, 0.1) is 0 Å². The van der Waals surface area contributed by atoms with E-state index < -0.39 is 5.54 Å². The van der Waals surface area contributed by atoms with E-state index in [0.717, 1.165) is 46.6 Å². The number of fused-ring (bicyclic) bond motifs is 2. The van der Waals surface area contributed by atoms with E-state index in [-0.39, 0.29) is 11.5 Å². The molecule has 134 valence electrons. The monoisotopic (exact) mass is 422 g/mol. The number of ether oxygens (including phenoxy) is 1. The van der Waals surface area contributed by atoms with Crippen molar-refractivity contribution in [2.45, 2.75) is 56.1 Å². The lowest BCUT2D eigenvalue weighted by Crippen LogP contribution is -2.51. The van der Waals surface area contributed by atoms with Gasteiger partial charge in [0.2, 0.25) is 0 Å². The van der Waals surface area contributed by atoms with Crippen LogP contribution in [0.2, 0.25) is 0 Å². The van der Waals surface area contributed by atoms with Crippen LogP contribution in [0.5, 0.6) is 5.75 Å². The SMILES string of the molecule is CSC1=NC2(CC3(CCCCCC3)Oc3ccc(Br)cc32)C(=O)N1C. The molecule has 1 saturated carbocycles. The van der Waals surface area contributed by atoms with E-state index >= 15 is 0 Å². The fourth-order valence-electron chi connectivity index (χ4n) is 4.52. The van der Waals surface area contributed by atoms with Crippen LogP contribution in [0.25, 0.3) is 0 Å². The Bertz CT molecular complexity index is 743. The summed E-state index contributed by atoms with van der Waals surface area (Å²) < 4.78 is 7.52. The molecule has 1 unspecified atom stereocenters. The zero-order chi connectivity index (χ0) is 17.7. The van der Waals surface area contributed by atoms with Gasteiger partial charge in [0.15, 0.2) is 10.7 Å². The van der Waals surface area contributed by atoms with E-state index in [1.165, 1.54) is 24.6 Å². The van der Waals surface area contributed by atoms with Gasteiger partial charge in [-0.05, 0) is 50.1 Å². The Kier molecular flexibility index (Phi) is 4.39. The Hall–Kier alpha value is -1.01. The minimum atomic E-state index is -0.838. The minimum absolute atomic E-state index is 0.0723. The first-order valence-electron chi connectivity index (χ1n) is 8.91. The molecule has 1 amide bonds. The summed E-state index contributed by atoms with van der Waals surface area (Å²) in [5.74, 6) is 0.896. The largest absolute Gasteiger partial charge is 0.487 e. The standard InChI is InChI=1S/C19H23BrN2O2S/c1-22-16(23)19(21-17(22)25-2)12-18(9-5-3-4-6-10-18)24-15-8-7-13(20)11-14(15)19/h7-8,11H,3-6,9-10,12H2,1-2H3. The number of hydrogen-bond acceptors (Lipinski definition) is 4. The number of halogens is 1. The molecule has 4 rings (SSSR count). The average Bonchev–Trinajstić information content (AvgIpc) is 2.76. The van der Waals surface area contributed by atoms with Crippen molar-refractivity contribution in [1.82, 2.24) is 4.90 Å². The molecule has 3 aliphatic rings. The third-order valence-corrected chi connectivity index (χ3v) is 6.94. The number of benzene rings is 1. The van der Waals surface area contributed by atoms with Crippen LogP contribution in [0.4, 0.5) is 0 Å². The summed E-state index contributed by atoms with van der Waals surface area (Å²) >= 11 is 5.09. The molecular formula is C19H23BrN2O2S. The maximum Gasteiger partial charge on any atom is 0.261 e. The Morgan fingerprint density at radius 2 is 1.96 bits per heavy atom. The highest BCUT2D eigenvalue weighted by atomic mass is 79.9. The first kappa shape index (κ1) is 17.4. The molecule has 25 heavy (non-hydrogen) atoms. The van der Waals surface area contributed by atoms with Gasteiger partial charge in [0, 0.05) is 23.5 Å². The Morgan fingerprint density at radius 3 is 2.60 bits per heavy atom. The summed E-state index contributed by atoms with van der Waals surface area (Å²) in [6.07, 6.45) is 9.45. The average molecular weight is 423 g/mol. The minimum Gasteiger partial charge on any atom is -0.487 e. The zero-order valence-electron chi connectivity index (χ0n) is 14.7. The van der Waals surface area contributed by atoms with Gasteiger partial charge in [-0.2, -0.15) is 0 Å². The van der Waals surface area contributed by atoms with Crippen molar-refractivity contribution in [3.63, 3.8) is 0 Å². The van der Waals surface area contributed by atoms with Crippen molar-refractivity contribution in [2.75, 3.05) is 13.3 Å². The number of likely N-dealkylation sites (N-methyl/N-ethyl adjacent to an activating group) is 1. The summed E-state index contributed by atoms with van der Waals surface area (Å²) in [7, 11) is 1.83. The molecule has 2 aliphatic heterocycles. The first-order chi connectivity index (χ1) is 12.0.